The molecule has 0 aliphatic heterocycles. The van der Waals surface area contributed by atoms with Gasteiger partial charge in [-0.25, -0.2) is 4.39 Å². The van der Waals surface area contributed by atoms with Crippen molar-refractivity contribution < 1.29 is 22.3 Å². The van der Waals surface area contributed by atoms with Crippen molar-refractivity contribution in [3.8, 4) is 0 Å². The predicted octanol–water partition coefficient (Wildman–Crippen LogP) is 3.13. The zero-order chi connectivity index (χ0) is 14.9. The summed E-state index contributed by atoms with van der Waals surface area (Å²) in [5.41, 5.74) is -0.00462. The quantitative estimate of drug-likeness (QED) is 0.849. The van der Waals surface area contributed by atoms with Gasteiger partial charge in [-0.15, -0.1) is 0 Å². The third-order valence-corrected chi connectivity index (χ3v) is 4.45. The molecule has 0 aliphatic carbocycles. The van der Waals surface area contributed by atoms with Gasteiger partial charge in [-0.2, -0.15) is 8.42 Å². The molecule has 0 aliphatic rings. The van der Waals surface area contributed by atoms with Crippen molar-refractivity contribution in [1.82, 2.24) is 0 Å². The first-order chi connectivity index (χ1) is 9.33. The van der Waals surface area contributed by atoms with E-state index >= 15 is 0 Å². The molecular formula is C11H8BrClFNO4S. The van der Waals surface area contributed by atoms with Gasteiger partial charge in [0.1, 0.15) is 18.2 Å². The van der Waals surface area contributed by atoms with Crippen LogP contribution in [0.1, 0.15) is 5.76 Å². The fraction of sp³-hybridized carbons (Fsp3) is 0.0909. The molecule has 2 N–H and O–H groups in total. The molecule has 2 aromatic rings. The maximum Gasteiger partial charge on any atom is 0.295 e. The predicted molar refractivity (Wildman–Crippen MR) is 74.5 cm³/mol. The maximum atomic E-state index is 13.1. The van der Waals surface area contributed by atoms with Crippen LogP contribution in [0, 0.1) is 5.82 Å². The summed E-state index contributed by atoms with van der Waals surface area (Å²) in [5, 5.41) is 8.36. The number of aliphatic hydroxyl groups is 1. The van der Waals surface area contributed by atoms with Crippen molar-refractivity contribution in [2.45, 2.75) is 11.7 Å². The van der Waals surface area contributed by atoms with Gasteiger partial charge in [-0.3, -0.25) is 4.72 Å². The maximum absolute atomic E-state index is 13.1. The molecule has 0 radical (unpaired) electrons. The molecule has 0 saturated heterocycles. The van der Waals surface area contributed by atoms with E-state index in [0.717, 1.165) is 12.1 Å². The third-order valence-electron chi connectivity index (χ3n) is 2.30. The van der Waals surface area contributed by atoms with E-state index < -0.39 is 22.4 Å². The van der Waals surface area contributed by atoms with Gasteiger partial charge in [0, 0.05) is 4.47 Å². The van der Waals surface area contributed by atoms with Crippen LogP contribution in [0.3, 0.4) is 0 Å². The van der Waals surface area contributed by atoms with Crippen LogP contribution >= 0.6 is 27.5 Å². The van der Waals surface area contributed by atoms with Crippen molar-refractivity contribution in [3.05, 3.63) is 45.3 Å². The van der Waals surface area contributed by atoms with Crippen LogP contribution in [0.4, 0.5) is 10.1 Å². The Morgan fingerprint density at radius 3 is 2.65 bits per heavy atom. The molecular weight excluding hydrogens is 377 g/mol. The first kappa shape index (κ1) is 15.3. The molecule has 9 heteroatoms. The fourth-order valence-corrected chi connectivity index (χ4v) is 3.55. The highest BCUT2D eigenvalue weighted by atomic mass is 79.9. The first-order valence-electron chi connectivity index (χ1n) is 5.20. The number of halogens is 3. The highest BCUT2D eigenvalue weighted by Crippen LogP contribution is 2.33. The Balaban J connectivity index is 2.38. The van der Waals surface area contributed by atoms with E-state index in [2.05, 4.69) is 20.7 Å². The van der Waals surface area contributed by atoms with Gasteiger partial charge in [0.05, 0.1) is 10.7 Å². The van der Waals surface area contributed by atoms with E-state index in [-0.39, 0.29) is 26.0 Å². The van der Waals surface area contributed by atoms with Crippen molar-refractivity contribution >= 4 is 43.2 Å². The molecule has 0 bridgehead atoms. The number of aliphatic hydroxyl groups excluding tert-OH is 1. The number of rotatable bonds is 4. The molecule has 20 heavy (non-hydrogen) atoms. The van der Waals surface area contributed by atoms with Crippen LogP contribution in [-0.4, -0.2) is 13.5 Å². The number of sulfonamides is 1. The van der Waals surface area contributed by atoms with Gasteiger partial charge in [-0.1, -0.05) is 11.6 Å². The summed E-state index contributed by atoms with van der Waals surface area (Å²) < 4.78 is 44.5. The van der Waals surface area contributed by atoms with Gasteiger partial charge >= 0.3 is 0 Å². The molecule has 108 valence electrons. The van der Waals surface area contributed by atoms with Crippen LogP contribution in [0.15, 0.2) is 38.2 Å². The highest BCUT2D eigenvalue weighted by molar-refractivity contribution is 9.10. The molecule has 0 spiro atoms. The van der Waals surface area contributed by atoms with Crippen LogP contribution in [0.25, 0.3) is 0 Å². The number of benzene rings is 1. The van der Waals surface area contributed by atoms with E-state index in [1.165, 1.54) is 12.1 Å². The van der Waals surface area contributed by atoms with Crippen LogP contribution in [0.2, 0.25) is 5.02 Å². The van der Waals surface area contributed by atoms with Crippen molar-refractivity contribution in [3.63, 3.8) is 0 Å². The molecule has 2 rings (SSSR count). The molecule has 1 aromatic carbocycles. The Morgan fingerprint density at radius 1 is 1.40 bits per heavy atom. The largest absolute Gasteiger partial charge is 0.445 e. The Kier molecular flexibility index (Phi) is 4.38. The lowest BCUT2D eigenvalue weighted by atomic mass is 10.3. The number of nitrogens with one attached hydrogen (secondary N) is 1. The van der Waals surface area contributed by atoms with Crippen LogP contribution in [0.5, 0.6) is 0 Å². The van der Waals surface area contributed by atoms with Crippen molar-refractivity contribution in [1.29, 1.82) is 0 Å². The zero-order valence-corrected chi connectivity index (χ0v) is 12.9. The second-order valence-corrected chi connectivity index (χ2v) is 6.60. The fourth-order valence-electron chi connectivity index (χ4n) is 1.41. The van der Waals surface area contributed by atoms with Gasteiger partial charge in [0.2, 0.25) is 5.09 Å². The van der Waals surface area contributed by atoms with Gasteiger partial charge < -0.3 is 9.52 Å². The van der Waals surface area contributed by atoms with E-state index in [1.807, 2.05) is 0 Å². The van der Waals surface area contributed by atoms with Crippen molar-refractivity contribution in [2.24, 2.45) is 0 Å². The summed E-state index contributed by atoms with van der Waals surface area (Å²) in [6.07, 6.45) is 0. The average Bonchev–Trinajstić information content (AvgIpc) is 2.83. The minimum Gasteiger partial charge on any atom is -0.445 e. The molecule has 0 saturated carbocycles. The van der Waals surface area contributed by atoms with Crippen molar-refractivity contribution in [2.75, 3.05) is 4.72 Å². The van der Waals surface area contributed by atoms with Gasteiger partial charge in [-0.05, 0) is 40.2 Å². The molecule has 0 atom stereocenters. The first-order valence-corrected chi connectivity index (χ1v) is 7.86. The molecule has 1 heterocycles. The SMILES string of the molecule is O=S(=O)(Nc1c(Cl)cc(F)cc1Br)c1ccc(CO)o1. The number of hydrogen-bond acceptors (Lipinski definition) is 4. The highest BCUT2D eigenvalue weighted by Gasteiger charge is 2.21. The number of furan rings is 1. The normalized spacial score (nSPS) is 11.6. The monoisotopic (exact) mass is 383 g/mol. The second-order valence-electron chi connectivity index (χ2n) is 3.73. The zero-order valence-electron chi connectivity index (χ0n) is 9.73. The Hall–Kier alpha value is -1.09. The Morgan fingerprint density at radius 2 is 2.10 bits per heavy atom. The Labute approximate surface area is 127 Å². The summed E-state index contributed by atoms with van der Waals surface area (Å²) in [7, 11) is -4.03. The van der Waals surface area contributed by atoms with Gasteiger partial charge in [0.15, 0.2) is 0 Å². The minimum atomic E-state index is -4.03. The van der Waals surface area contributed by atoms with E-state index in [1.54, 1.807) is 0 Å². The summed E-state index contributed by atoms with van der Waals surface area (Å²) in [5.74, 6) is -0.500. The Bertz CT molecular complexity index is 724. The van der Waals surface area contributed by atoms with Crippen LogP contribution in [-0.2, 0) is 16.6 Å². The van der Waals surface area contributed by atoms with Gasteiger partial charge in [0.25, 0.3) is 10.0 Å². The third kappa shape index (κ3) is 3.14. The summed E-state index contributed by atoms with van der Waals surface area (Å²) in [6, 6.07) is 4.57. The minimum absolute atomic E-state index is 0.00462. The topological polar surface area (TPSA) is 79.5 Å². The number of hydrogen-bond donors (Lipinski definition) is 2. The summed E-state index contributed by atoms with van der Waals surface area (Å²) in [6.45, 7) is -0.420. The number of anilines is 1. The molecule has 1 aromatic heterocycles. The summed E-state index contributed by atoms with van der Waals surface area (Å²) in [4.78, 5) is 0. The van der Waals surface area contributed by atoms with Crippen LogP contribution < -0.4 is 4.72 Å². The van der Waals surface area contributed by atoms with E-state index in [4.69, 9.17) is 21.1 Å². The molecule has 5 nitrogen and oxygen atoms in total. The summed E-state index contributed by atoms with van der Waals surface area (Å²) >= 11 is 8.81. The molecule has 0 amide bonds. The average molecular weight is 385 g/mol. The molecule has 0 fully saturated rings. The lowest BCUT2D eigenvalue weighted by molar-refractivity contribution is 0.236. The molecule has 0 unspecified atom stereocenters. The second kappa shape index (κ2) is 5.72. The smallest absolute Gasteiger partial charge is 0.295 e. The standard InChI is InChI=1S/C11H8BrClFNO4S/c12-8-3-6(14)4-9(13)11(8)15-20(17,18)10-2-1-7(5-16)19-10/h1-4,15-16H,5H2. The van der Waals surface area contributed by atoms with E-state index in [0.29, 0.717) is 0 Å². The van der Waals surface area contributed by atoms with E-state index in [9.17, 15) is 12.8 Å². The lowest BCUT2D eigenvalue weighted by Crippen LogP contribution is -2.13. The lowest BCUT2D eigenvalue weighted by Gasteiger charge is -2.10.